The molecule has 1 heterocycles. The number of likely N-dealkylation sites (tertiary alicyclic amines) is 1. The van der Waals surface area contributed by atoms with Crippen molar-refractivity contribution in [2.75, 3.05) is 17.2 Å². The van der Waals surface area contributed by atoms with Crippen molar-refractivity contribution in [1.82, 2.24) is 4.90 Å². The number of hydrogen-bond acceptors (Lipinski definition) is 6. The lowest BCUT2D eigenvalue weighted by Gasteiger charge is -2.21. The zero-order valence-electron chi connectivity index (χ0n) is 17.0. The first-order chi connectivity index (χ1) is 14.3. The number of imide groups is 1. The Bertz CT molecular complexity index is 859. The third-order valence-electron chi connectivity index (χ3n) is 5.42. The van der Waals surface area contributed by atoms with E-state index in [1.165, 1.54) is 13.8 Å². The first kappa shape index (κ1) is 21.5. The topological polar surface area (TPSA) is 122 Å². The molecular weight excluding hydrogens is 390 g/mol. The molecule has 4 amide bonds. The van der Waals surface area contributed by atoms with E-state index in [-0.39, 0.29) is 29.6 Å². The Balaban J connectivity index is 1.53. The number of nitrogens with zero attached hydrogens (tertiary/aromatic N) is 1. The monoisotopic (exact) mass is 415 g/mol. The van der Waals surface area contributed by atoms with E-state index in [0.717, 1.165) is 17.7 Å². The Kier molecular flexibility index (Phi) is 6.49. The summed E-state index contributed by atoms with van der Waals surface area (Å²) in [6, 6.07) is 5.43. The van der Waals surface area contributed by atoms with Gasteiger partial charge in [0, 0.05) is 18.3 Å². The maximum absolute atomic E-state index is 12.6. The first-order valence-corrected chi connectivity index (χ1v) is 9.99. The molecule has 160 valence electrons. The van der Waals surface area contributed by atoms with E-state index in [1.54, 1.807) is 24.3 Å². The molecule has 3 atom stereocenters. The lowest BCUT2D eigenvalue weighted by atomic mass is 9.81. The summed E-state index contributed by atoms with van der Waals surface area (Å²) in [7, 11) is 0. The first-order valence-electron chi connectivity index (χ1n) is 9.99. The Hall–Kier alpha value is -3.23. The number of nitrogens with one attached hydrogen (secondary N) is 2. The van der Waals surface area contributed by atoms with Crippen LogP contribution in [0.1, 0.15) is 39.5 Å². The number of anilines is 2. The highest BCUT2D eigenvalue weighted by Gasteiger charge is 2.51. The van der Waals surface area contributed by atoms with E-state index in [2.05, 4.69) is 10.6 Å². The van der Waals surface area contributed by atoms with Gasteiger partial charge in [-0.2, -0.15) is 0 Å². The molecule has 0 aromatic heterocycles. The molecule has 1 aliphatic heterocycles. The zero-order valence-corrected chi connectivity index (χ0v) is 17.0. The second-order valence-electron chi connectivity index (χ2n) is 7.64. The second kappa shape index (κ2) is 9.06. The fourth-order valence-corrected chi connectivity index (χ4v) is 4.01. The molecule has 3 rings (SSSR count). The number of benzene rings is 1. The van der Waals surface area contributed by atoms with Crippen molar-refractivity contribution in [3.63, 3.8) is 0 Å². The van der Waals surface area contributed by atoms with E-state index in [1.807, 2.05) is 0 Å². The normalized spacial score (nSPS) is 21.6. The fraction of sp³-hybridized carbons (Fsp3) is 0.476. The molecule has 0 bridgehead atoms. The summed E-state index contributed by atoms with van der Waals surface area (Å²) in [5, 5.41) is 5.16. The average molecular weight is 415 g/mol. The zero-order chi connectivity index (χ0) is 21.8. The fourth-order valence-electron chi connectivity index (χ4n) is 4.01. The van der Waals surface area contributed by atoms with Crippen LogP contribution in [0, 0.1) is 11.8 Å². The Morgan fingerprint density at radius 3 is 2.20 bits per heavy atom. The molecule has 1 saturated heterocycles. The van der Waals surface area contributed by atoms with E-state index >= 15 is 0 Å². The van der Waals surface area contributed by atoms with Crippen molar-refractivity contribution in [3.05, 3.63) is 24.3 Å². The van der Waals surface area contributed by atoms with Crippen molar-refractivity contribution >= 4 is 41.0 Å². The number of amides is 4. The van der Waals surface area contributed by atoms with Crippen molar-refractivity contribution in [2.45, 2.75) is 45.6 Å². The van der Waals surface area contributed by atoms with Gasteiger partial charge < -0.3 is 15.4 Å². The van der Waals surface area contributed by atoms with Crippen LogP contribution < -0.4 is 10.6 Å². The molecule has 1 aromatic rings. The molecule has 2 N–H and O–H groups in total. The van der Waals surface area contributed by atoms with Crippen molar-refractivity contribution in [3.8, 4) is 0 Å². The van der Waals surface area contributed by atoms with Crippen molar-refractivity contribution in [2.24, 2.45) is 11.8 Å². The molecule has 9 nitrogen and oxygen atoms in total. The van der Waals surface area contributed by atoms with Gasteiger partial charge in [0.05, 0.1) is 11.8 Å². The number of ether oxygens (including phenoxy) is 1. The maximum atomic E-state index is 12.6. The second-order valence-corrected chi connectivity index (χ2v) is 7.64. The smallest absolute Gasteiger partial charge is 0.329 e. The van der Waals surface area contributed by atoms with Crippen LogP contribution in [-0.4, -0.2) is 47.1 Å². The molecular formula is C21H25N3O6. The molecule has 30 heavy (non-hydrogen) atoms. The highest BCUT2D eigenvalue weighted by atomic mass is 16.5. The van der Waals surface area contributed by atoms with Gasteiger partial charge in [0.2, 0.25) is 17.7 Å². The number of esters is 1. The van der Waals surface area contributed by atoms with Gasteiger partial charge in [0.15, 0.2) is 6.61 Å². The molecule has 1 saturated carbocycles. The lowest BCUT2D eigenvalue weighted by Crippen LogP contribution is -2.45. The number of fused-ring (bicyclic) bond motifs is 1. The molecule has 0 unspecified atom stereocenters. The third kappa shape index (κ3) is 4.67. The summed E-state index contributed by atoms with van der Waals surface area (Å²) >= 11 is 0. The molecule has 1 aliphatic carbocycles. The summed E-state index contributed by atoms with van der Waals surface area (Å²) in [5.41, 5.74) is 0.933. The van der Waals surface area contributed by atoms with Crippen molar-refractivity contribution < 1.29 is 28.7 Å². The minimum Gasteiger partial charge on any atom is -0.454 e. The minimum atomic E-state index is -1.08. The van der Waals surface area contributed by atoms with Gasteiger partial charge in [-0.1, -0.05) is 18.9 Å². The SMILES string of the molecule is CC(=O)Nc1cccc(NC(=O)COC(=O)[C@H](C)N2C(=O)[C@H]3CCCC[C@@H]3C2=O)c1. The van der Waals surface area contributed by atoms with Crippen LogP contribution in [-0.2, 0) is 28.7 Å². The van der Waals surface area contributed by atoms with Crippen LogP contribution in [0.4, 0.5) is 11.4 Å². The Labute approximate surface area is 174 Å². The summed E-state index contributed by atoms with van der Waals surface area (Å²) < 4.78 is 5.03. The lowest BCUT2D eigenvalue weighted by molar-refractivity contribution is -0.159. The number of rotatable bonds is 6. The van der Waals surface area contributed by atoms with Gasteiger partial charge >= 0.3 is 5.97 Å². The molecule has 0 spiro atoms. The van der Waals surface area contributed by atoms with Gasteiger partial charge in [-0.05, 0) is 38.0 Å². The minimum absolute atomic E-state index is 0.243. The largest absolute Gasteiger partial charge is 0.454 e. The van der Waals surface area contributed by atoms with Crippen molar-refractivity contribution in [1.29, 1.82) is 0 Å². The van der Waals surface area contributed by atoms with Crippen LogP contribution in [0.15, 0.2) is 24.3 Å². The number of hydrogen-bond donors (Lipinski definition) is 2. The molecule has 9 heteroatoms. The average Bonchev–Trinajstić information content (AvgIpc) is 2.96. The summed E-state index contributed by atoms with van der Waals surface area (Å²) in [6.45, 7) is 2.25. The van der Waals surface area contributed by atoms with Crippen LogP contribution in [0.5, 0.6) is 0 Å². The van der Waals surface area contributed by atoms with Gasteiger partial charge in [0.25, 0.3) is 5.91 Å². The van der Waals surface area contributed by atoms with Gasteiger partial charge in [0.1, 0.15) is 6.04 Å². The predicted molar refractivity (Wildman–Crippen MR) is 107 cm³/mol. The number of carbonyl (C=O) groups excluding carboxylic acids is 5. The Morgan fingerprint density at radius 1 is 1.07 bits per heavy atom. The van der Waals surface area contributed by atoms with E-state index < -0.39 is 24.5 Å². The molecule has 2 fully saturated rings. The maximum Gasteiger partial charge on any atom is 0.329 e. The number of carbonyl (C=O) groups is 5. The quantitative estimate of drug-likeness (QED) is 0.539. The standard InChI is InChI=1S/C21H25N3O6/c1-12(24-19(27)16-8-3-4-9-17(16)20(24)28)21(29)30-11-18(26)23-15-7-5-6-14(10-15)22-13(2)25/h5-7,10,12,16-17H,3-4,8-9,11H2,1-2H3,(H,22,25)(H,23,26)/t12-,16-,17-/m0/s1. The highest BCUT2D eigenvalue weighted by molar-refractivity contribution is 6.08. The van der Waals surface area contributed by atoms with Crippen LogP contribution in [0.2, 0.25) is 0 Å². The van der Waals surface area contributed by atoms with Gasteiger partial charge in [-0.3, -0.25) is 24.1 Å². The van der Waals surface area contributed by atoms with E-state index in [0.29, 0.717) is 24.2 Å². The summed E-state index contributed by atoms with van der Waals surface area (Å²) in [4.78, 5) is 61.7. The van der Waals surface area contributed by atoms with E-state index in [9.17, 15) is 24.0 Å². The van der Waals surface area contributed by atoms with E-state index in [4.69, 9.17) is 4.74 Å². The van der Waals surface area contributed by atoms with Crippen LogP contribution >= 0.6 is 0 Å². The molecule has 1 aromatic carbocycles. The summed E-state index contributed by atoms with van der Waals surface area (Å²) in [5.74, 6) is -2.98. The van der Waals surface area contributed by atoms with Gasteiger partial charge in [-0.15, -0.1) is 0 Å². The van der Waals surface area contributed by atoms with Crippen LogP contribution in [0.25, 0.3) is 0 Å². The van der Waals surface area contributed by atoms with Crippen LogP contribution in [0.3, 0.4) is 0 Å². The third-order valence-corrected chi connectivity index (χ3v) is 5.42. The predicted octanol–water partition coefficient (Wildman–Crippen LogP) is 1.69. The summed E-state index contributed by atoms with van der Waals surface area (Å²) in [6.07, 6.45) is 3.12. The molecule has 2 aliphatic rings. The van der Waals surface area contributed by atoms with Gasteiger partial charge in [-0.25, -0.2) is 4.79 Å². The Morgan fingerprint density at radius 2 is 1.63 bits per heavy atom. The molecule has 0 radical (unpaired) electrons. The highest BCUT2D eigenvalue weighted by Crippen LogP contribution is 2.38.